The topological polar surface area (TPSA) is 54.3 Å². The van der Waals surface area contributed by atoms with Crippen molar-refractivity contribution in [3.8, 4) is 0 Å². The number of likely N-dealkylation sites (N-methyl/N-ethyl adjacent to an activating group) is 1. The molecule has 2 heterocycles. The fraction of sp³-hybridized carbons (Fsp3) is 0.353. The highest BCUT2D eigenvalue weighted by Crippen LogP contribution is 2.30. The molecule has 0 bridgehead atoms. The van der Waals surface area contributed by atoms with Gasteiger partial charge in [0.05, 0.1) is 15.9 Å². The van der Waals surface area contributed by atoms with Crippen molar-refractivity contribution in [2.24, 2.45) is 7.05 Å². The number of thiazole rings is 1. The van der Waals surface area contributed by atoms with Crippen LogP contribution >= 0.6 is 11.3 Å². The number of aromatic nitrogens is 3. The summed E-state index contributed by atoms with van der Waals surface area (Å²) in [6, 6.07) is 6.22. The van der Waals surface area contributed by atoms with E-state index >= 15 is 0 Å². The maximum atomic E-state index is 13.5. The van der Waals surface area contributed by atoms with Crippen LogP contribution in [0.4, 0.5) is 9.52 Å². The summed E-state index contributed by atoms with van der Waals surface area (Å²) in [4.78, 5) is 21.2. The number of nitrogens with zero attached hydrogens (tertiary/aromatic N) is 5. The number of benzene rings is 1. The average Bonchev–Trinajstić information content (AvgIpc) is 3.09. The van der Waals surface area contributed by atoms with Crippen molar-refractivity contribution >= 4 is 32.6 Å². The number of carbonyl (C=O) groups excluding carboxylic acids is 1. The minimum Gasteiger partial charge on any atom is -0.308 e. The van der Waals surface area contributed by atoms with Crippen LogP contribution in [0.25, 0.3) is 10.2 Å². The molecule has 0 fully saturated rings. The second-order valence-electron chi connectivity index (χ2n) is 6.16. The van der Waals surface area contributed by atoms with E-state index in [0.29, 0.717) is 29.4 Å². The lowest BCUT2D eigenvalue weighted by Crippen LogP contribution is -2.37. The smallest absolute Gasteiger partial charge is 0.278 e. The Morgan fingerprint density at radius 1 is 1.28 bits per heavy atom. The highest BCUT2D eigenvalue weighted by molar-refractivity contribution is 7.22. The first-order valence-electron chi connectivity index (χ1n) is 7.88. The summed E-state index contributed by atoms with van der Waals surface area (Å²) in [5, 5.41) is 4.81. The molecular formula is C17H20FN5OS. The molecular weight excluding hydrogens is 341 g/mol. The molecule has 25 heavy (non-hydrogen) atoms. The first kappa shape index (κ1) is 17.5. The van der Waals surface area contributed by atoms with E-state index in [4.69, 9.17) is 0 Å². The summed E-state index contributed by atoms with van der Waals surface area (Å²) in [5.41, 5.74) is 1.97. The summed E-state index contributed by atoms with van der Waals surface area (Å²) >= 11 is 1.31. The Bertz CT molecular complexity index is 917. The quantitative estimate of drug-likeness (QED) is 0.701. The van der Waals surface area contributed by atoms with Gasteiger partial charge in [0.1, 0.15) is 11.5 Å². The highest BCUT2D eigenvalue weighted by atomic mass is 32.1. The van der Waals surface area contributed by atoms with E-state index in [0.717, 1.165) is 10.4 Å². The first-order valence-corrected chi connectivity index (χ1v) is 8.70. The Kier molecular flexibility index (Phi) is 4.82. The van der Waals surface area contributed by atoms with Crippen molar-refractivity contribution in [3.05, 3.63) is 41.5 Å². The zero-order valence-corrected chi connectivity index (χ0v) is 15.5. The van der Waals surface area contributed by atoms with Crippen molar-refractivity contribution in [1.29, 1.82) is 0 Å². The predicted octanol–water partition coefficient (Wildman–Crippen LogP) is 2.69. The number of rotatable bonds is 5. The molecule has 3 aromatic rings. The Balaban J connectivity index is 2.00. The van der Waals surface area contributed by atoms with Gasteiger partial charge in [-0.1, -0.05) is 11.3 Å². The van der Waals surface area contributed by atoms with Crippen LogP contribution in [0.2, 0.25) is 0 Å². The van der Waals surface area contributed by atoms with E-state index < -0.39 is 0 Å². The van der Waals surface area contributed by atoms with Gasteiger partial charge in [-0.05, 0) is 45.3 Å². The molecule has 0 N–H and O–H groups in total. The third kappa shape index (κ3) is 3.69. The molecule has 0 unspecified atom stereocenters. The van der Waals surface area contributed by atoms with Gasteiger partial charge < -0.3 is 4.90 Å². The molecule has 0 saturated heterocycles. The molecule has 1 aromatic carbocycles. The number of anilines is 1. The van der Waals surface area contributed by atoms with Gasteiger partial charge in [-0.25, -0.2) is 9.37 Å². The number of carbonyl (C=O) groups is 1. The van der Waals surface area contributed by atoms with Gasteiger partial charge in [0.15, 0.2) is 5.13 Å². The van der Waals surface area contributed by atoms with Crippen molar-refractivity contribution in [1.82, 2.24) is 19.7 Å². The van der Waals surface area contributed by atoms with E-state index in [2.05, 4.69) is 10.1 Å². The molecule has 8 heteroatoms. The van der Waals surface area contributed by atoms with Gasteiger partial charge in [0.25, 0.3) is 5.91 Å². The highest BCUT2D eigenvalue weighted by Gasteiger charge is 2.24. The maximum Gasteiger partial charge on any atom is 0.278 e. The third-order valence-corrected chi connectivity index (χ3v) is 4.85. The summed E-state index contributed by atoms with van der Waals surface area (Å²) in [6.07, 6.45) is 0. The van der Waals surface area contributed by atoms with Gasteiger partial charge in [-0.3, -0.25) is 14.4 Å². The Morgan fingerprint density at radius 3 is 2.68 bits per heavy atom. The maximum absolute atomic E-state index is 13.5. The third-order valence-electron chi connectivity index (χ3n) is 3.81. The van der Waals surface area contributed by atoms with E-state index in [1.165, 1.54) is 23.5 Å². The number of hydrogen-bond donors (Lipinski definition) is 0. The molecule has 0 aliphatic rings. The average molecular weight is 361 g/mol. The molecule has 0 aliphatic heterocycles. The van der Waals surface area contributed by atoms with Gasteiger partial charge in [-0.2, -0.15) is 5.10 Å². The van der Waals surface area contributed by atoms with Crippen molar-refractivity contribution in [2.45, 2.75) is 6.92 Å². The van der Waals surface area contributed by atoms with Crippen molar-refractivity contribution in [2.75, 3.05) is 32.1 Å². The zero-order valence-electron chi connectivity index (χ0n) is 14.7. The standard InChI is InChI=1S/C17H20FN5OS/c1-11-9-14(22(4)20-11)16(24)23(8-7-21(2)3)17-19-13-6-5-12(18)10-15(13)25-17/h5-6,9-10H,7-8H2,1-4H3. The number of aryl methyl sites for hydroxylation is 2. The SMILES string of the molecule is Cc1cc(C(=O)N(CCN(C)C)c2nc3ccc(F)cc3s2)n(C)n1. The number of amides is 1. The summed E-state index contributed by atoms with van der Waals surface area (Å²) in [6.45, 7) is 3.02. The number of hydrogen-bond acceptors (Lipinski definition) is 5. The molecule has 132 valence electrons. The van der Waals surface area contributed by atoms with Gasteiger partial charge in [-0.15, -0.1) is 0 Å². The molecule has 0 radical (unpaired) electrons. The molecule has 1 amide bonds. The monoisotopic (exact) mass is 361 g/mol. The van der Waals surface area contributed by atoms with Crippen LogP contribution in [0.1, 0.15) is 16.2 Å². The molecule has 0 saturated carbocycles. The lowest BCUT2D eigenvalue weighted by Gasteiger charge is -2.21. The minimum atomic E-state index is -0.309. The zero-order chi connectivity index (χ0) is 18.1. The second-order valence-corrected chi connectivity index (χ2v) is 7.17. The fourth-order valence-corrected chi connectivity index (χ4v) is 3.55. The van der Waals surface area contributed by atoms with Crippen LogP contribution in [-0.2, 0) is 7.05 Å². The van der Waals surface area contributed by atoms with Crippen molar-refractivity contribution in [3.63, 3.8) is 0 Å². The Labute approximate surface area is 149 Å². The van der Waals surface area contributed by atoms with Gasteiger partial charge >= 0.3 is 0 Å². The Hall–Kier alpha value is -2.32. The van der Waals surface area contributed by atoms with E-state index in [-0.39, 0.29) is 11.7 Å². The van der Waals surface area contributed by atoms with Crippen molar-refractivity contribution < 1.29 is 9.18 Å². The van der Waals surface area contributed by atoms with Crippen LogP contribution in [0.15, 0.2) is 24.3 Å². The summed E-state index contributed by atoms with van der Waals surface area (Å²) in [5.74, 6) is -0.472. The van der Waals surface area contributed by atoms with Crippen LogP contribution in [-0.4, -0.2) is 52.8 Å². The molecule has 6 nitrogen and oxygen atoms in total. The van der Waals surface area contributed by atoms with Crippen LogP contribution in [0.5, 0.6) is 0 Å². The van der Waals surface area contributed by atoms with E-state index in [9.17, 15) is 9.18 Å². The van der Waals surface area contributed by atoms with Crippen LogP contribution in [0, 0.1) is 12.7 Å². The van der Waals surface area contributed by atoms with E-state index in [1.54, 1.807) is 28.8 Å². The largest absolute Gasteiger partial charge is 0.308 e. The number of fused-ring (bicyclic) bond motifs is 1. The fourth-order valence-electron chi connectivity index (χ4n) is 2.53. The van der Waals surface area contributed by atoms with E-state index in [1.807, 2.05) is 25.9 Å². The summed E-state index contributed by atoms with van der Waals surface area (Å²) < 4.78 is 15.8. The minimum absolute atomic E-state index is 0.163. The molecule has 0 aliphatic carbocycles. The number of halogens is 1. The van der Waals surface area contributed by atoms with Crippen LogP contribution in [0.3, 0.4) is 0 Å². The Morgan fingerprint density at radius 2 is 2.04 bits per heavy atom. The summed E-state index contributed by atoms with van der Waals surface area (Å²) in [7, 11) is 5.65. The molecule has 0 spiro atoms. The van der Waals surface area contributed by atoms with Crippen LogP contribution < -0.4 is 4.90 Å². The molecule has 3 rings (SSSR count). The molecule has 0 atom stereocenters. The lowest BCUT2D eigenvalue weighted by atomic mass is 10.3. The normalized spacial score (nSPS) is 11.4. The second kappa shape index (κ2) is 6.89. The van der Waals surface area contributed by atoms with Gasteiger partial charge in [0, 0.05) is 20.1 Å². The first-order chi connectivity index (χ1) is 11.8. The predicted molar refractivity (Wildman–Crippen MR) is 97.8 cm³/mol. The van der Waals surface area contributed by atoms with Gasteiger partial charge in [0.2, 0.25) is 0 Å². The lowest BCUT2D eigenvalue weighted by molar-refractivity contribution is 0.0976. The molecule has 2 aromatic heterocycles.